The van der Waals surface area contributed by atoms with Crippen LogP contribution in [0.2, 0.25) is 0 Å². The van der Waals surface area contributed by atoms with Crippen molar-refractivity contribution in [1.29, 1.82) is 0 Å². The number of rotatable bonds is 5. The summed E-state index contributed by atoms with van der Waals surface area (Å²) in [5.74, 6) is 1.37. The zero-order valence-corrected chi connectivity index (χ0v) is 17.7. The van der Waals surface area contributed by atoms with E-state index in [0.29, 0.717) is 17.5 Å². The van der Waals surface area contributed by atoms with Crippen molar-refractivity contribution >= 4 is 5.52 Å². The summed E-state index contributed by atoms with van der Waals surface area (Å²) >= 11 is 0. The Morgan fingerprint density at radius 2 is 1.97 bits per heavy atom. The molecule has 1 atom stereocenters. The smallest absolute Gasteiger partial charge is 0.333 e. The first kappa shape index (κ1) is 20.2. The second-order valence-corrected chi connectivity index (χ2v) is 8.91. The Balaban J connectivity index is 1.26. The van der Waals surface area contributed by atoms with Crippen LogP contribution >= 0.6 is 0 Å². The number of aromatic amines is 1. The van der Waals surface area contributed by atoms with Gasteiger partial charge in [-0.1, -0.05) is 0 Å². The van der Waals surface area contributed by atoms with Gasteiger partial charge < -0.3 is 9.64 Å². The van der Waals surface area contributed by atoms with Crippen molar-refractivity contribution in [3.05, 3.63) is 63.2 Å². The molecule has 2 aliphatic rings. The minimum atomic E-state index is -0.455. The Hall–Kier alpha value is -2.71. The summed E-state index contributed by atoms with van der Waals surface area (Å²) in [7, 11) is 0. The molecule has 8 heteroatoms. The Kier molecular flexibility index (Phi) is 5.74. The van der Waals surface area contributed by atoms with Gasteiger partial charge in [0.1, 0.15) is 0 Å². The van der Waals surface area contributed by atoms with Gasteiger partial charge in [-0.2, -0.15) is 5.10 Å². The predicted molar refractivity (Wildman–Crippen MR) is 118 cm³/mol. The average Bonchev–Trinajstić information content (AvgIpc) is 3.19. The molecule has 2 aliphatic heterocycles. The first-order valence-corrected chi connectivity index (χ1v) is 11.2. The maximum atomic E-state index is 12.2. The summed E-state index contributed by atoms with van der Waals surface area (Å²) in [5.41, 5.74) is 1.93. The van der Waals surface area contributed by atoms with Crippen LogP contribution in [-0.2, 0) is 11.2 Å². The van der Waals surface area contributed by atoms with Gasteiger partial charge in [0.05, 0.1) is 24.0 Å². The van der Waals surface area contributed by atoms with Crippen molar-refractivity contribution in [2.45, 2.75) is 32.1 Å². The second kappa shape index (κ2) is 8.80. The average molecular weight is 424 g/mol. The summed E-state index contributed by atoms with van der Waals surface area (Å²) in [5, 5.41) is 4.36. The highest BCUT2D eigenvalue weighted by Crippen LogP contribution is 2.25. The SMILES string of the molecule is O=c1ccn(-c2cnn3ccc(CC4CCN(CC5CCCOC5)CC4)cc23)c(=O)[nH]1. The highest BCUT2D eigenvalue weighted by atomic mass is 16.5. The molecule has 31 heavy (non-hydrogen) atoms. The fraction of sp³-hybridized carbons (Fsp3) is 0.522. The van der Waals surface area contributed by atoms with E-state index < -0.39 is 11.2 Å². The first-order valence-electron chi connectivity index (χ1n) is 11.2. The number of nitrogens with one attached hydrogen (secondary N) is 1. The molecule has 3 aromatic rings. The highest BCUT2D eigenvalue weighted by Gasteiger charge is 2.23. The van der Waals surface area contributed by atoms with Crippen molar-refractivity contribution in [2.24, 2.45) is 11.8 Å². The number of likely N-dealkylation sites (tertiary alicyclic amines) is 1. The van der Waals surface area contributed by atoms with Gasteiger partial charge in [-0.05, 0) is 74.7 Å². The molecule has 1 N–H and O–H groups in total. The van der Waals surface area contributed by atoms with E-state index in [0.717, 1.165) is 38.2 Å². The number of aromatic nitrogens is 4. The number of nitrogens with zero attached hydrogens (tertiary/aromatic N) is 4. The molecule has 0 saturated carbocycles. The van der Waals surface area contributed by atoms with Crippen LogP contribution in [0.25, 0.3) is 11.2 Å². The van der Waals surface area contributed by atoms with Crippen LogP contribution in [0.15, 0.2) is 46.4 Å². The van der Waals surface area contributed by atoms with Gasteiger partial charge in [0.2, 0.25) is 0 Å². The van der Waals surface area contributed by atoms with Crippen molar-refractivity contribution < 1.29 is 4.74 Å². The Morgan fingerprint density at radius 1 is 1.10 bits per heavy atom. The molecule has 8 nitrogen and oxygen atoms in total. The van der Waals surface area contributed by atoms with Crippen molar-refractivity contribution in [2.75, 3.05) is 32.8 Å². The molecular formula is C23H29N5O3. The Labute approximate surface area is 180 Å². The maximum absolute atomic E-state index is 12.2. The van der Waals surface area contributed by atoms with E-state index in [4.69, 9.17) is 4.74 Å². The topological polar surface area (TPSA) is 84.6 Å². The standard InChI is InChI=1S/C23H29N5O3/c29-22-6-9-27(23(30)25-22)21-14-24-28-10-5-18(13-20(21)28)12-17-3-7-26(8-4-17)15-19-2-1-11-31-16-19/h5-6,9-10,13-14,17,19H,1-4,7-8,11-12,15-16H2,(H,25,29,30). The summed E-state index contributed by atoms with van der Waals surface area (Å²) in [4.78, 5) is 28.5. The fourth-order valence-corrected chi connectivity index (χ4v) is 4.95. The van der Waals surface area contributed by atoms with E-state index in [1.54, 1.807) is 10.7 Å². The van der Waals surface area contributed by atoms with Gasteiger partial charge in [-0.15, -0.1) is 0 Å². The van der Waals surface area contributed by atoms with E-state index in [-0.39, 0.29) is 0 Å². The number of H-pyrrole nitrogens is 1. The summed E-state index contributed by atoms with van der Waals surface area (Å²) in [6.45, 7) is 5.35. The lowest BCUT2D eigenvalue weighted by molar-refractivity contribution is 0.0327. The van der Waals surface area contributed by atoms with Crippen LogP contribution in [-0.4, -0.2) is 56.9 Å². The number of fused-ring (bicyclic) bond motifs is 1. The van der Waals surface area contributed by atoms with E-state index >= 15 is 0 Å². The molecule has 0 amide bonds. The number of ether oxygens (including phenoxy) is 1. The van der Waals surface area contributed by atoms with Gasteiger partial charge in [0, 0.05) is 31.6 Å². The van der Waals surface area contributed by atoms with E-state index in [9.17, 15) is 9.59 Å². The largest absolute Gasteiger partial charge is 0.381 e. The van der Waals surface area contributed by atoms with E-state index in [2.05, 4.69) is 27.1 Å². The lowest BCUT2D eigenvalue weighted by Gasteiger charge is -2.35. The molecule has 5 rings (SSSR count). The Morgan fingerprint density at radius 3 is 2.74 bits per heavy atom. The lowest BCUT2D eigenvalue weighted by atomic mass is 9.89. The summed E-state index contributed by atoms with van der Waals surface area (Å²) < 4.78 is 8.84. The zero-order chi connectivity index (χ0) is 21.2. The van der Waals surface area contributed by atoms with Gasteiger partial charge in [0.15, 0.2) is 0 Å². The number of pyridine rings is 1. The second-order valence-electron chi connectivity index (χ2n) is 8.91. The lowest BCUT2D eigenvalue weighted by Crippen LogP contribution is -2.39. The van der Waals surface area contributed by atoms with Crippen LogP contribution in [0.4, 0.5) is 0 Å². The molecule has 2 fully saturated rings. The zero-order valence-electron chi connectivity index (χ0n) is 17.7. The van der Waals surface area contributed by atoms with Crippen LogP contribution in [0.3, 0.4) is 0 Å². The molecule has 0 aromatic carbocycles. The summed E-state index contributed by atoms with van der Waals surface area (Å²) in [6, 6.07) is 5.58. The van der Waals surface area contributed by atoms with Gasteiger partial charge >= 0.3 is 5.69 Å². The number of hydrogen-bond donors (Lipinski definition) is 1. The third kappa shape index (κ3) is 4.50. The predicted octanol–water partition coefficient (Wildman–Crippen LogP) is 1.85. The molecule has 5 heterocycles. The van der Waals surface area contributed by atoms with E-state index in [1.165, 1.54) is 54.6 Å². The van der Waals surface area contributed by atoms with Crippen LogP contribution in [0, 0.1) is 11.8 Å². The molecule has 0 spiro atoms. The Bertz CT molecular complexity index is 1150. The van der Waals surface area contributed by atoms with Crippen LogP contribution < -0.4 is 11.2 Å². The quantitative estimate of drug-likeness (QED) is 0.677. The summed E-state index contributed by atoms with van der Waals surface area (Å²) in [6.07, 6.45) is 11.1. The molecule has 0 aliphatic carbocycles. The number of piperidine rings is 1. The monoisotopic (exact) mass is 423 g/mol. The molecule has 2 saturated heterocycles. The fourth-order valence-electron chi connectivity index (χ4n) is 4.95. The third-order valence-electron chi connectivity index (χ3n) is 6.65. The normalized spacial score (nSPS) is 21.0. The molecule has 1 unspecified atom stereocenters. The molecular weight excluding hydrogens is 394 g/mol. The molecule has 0 radical (unpaired) electrons. The molecule has 164 valence electrons. The van der Waals surface area contributed by atoms with Crippen molar-refractivity contribution in [1.82, 2.24) is 24.1 Å². The van der Waals surface area contributed by atoms with Crippen molar-refractivity contribution in [3.8, 4) is 5.69 Å². The molecule has 0 bridgehead atoms. The van der Waals surface area contributed by atoms with Gasteiger partial charge in [0.25, 0.3) is 5.56 Å². The van der Waals surface area contributed by atoms with Gasteiger partial charge in [-0.25, -0.2) is 9.31 Å². The van der Waals surface area contributed by atoms with E-state index in [1.807, 2.05) is 6.20 Å². The first-order chi connectivity index (χ1) is 15.2. The van der Waals surface area contributed by atoms with Crippen LogP contribution in [0.1, 0.15) is 31.2 Å². The molecule has 3 aromatic heterocycles. The minimum Gasteiger partial charge on any atom is -0.381 e. The minimum absolute atomic E-state index is 0.402. The van der Waals surface area contributed by atoms with Crippen molar-refractivity contribution in [3.63, 3.8) is 0 Å². The van der Waals surface area contributed by atoms with Crippen LogP contribution in [0.5, 0.6) is 0 Å². The maximum Gasteiger partial charge on any atom is 0.333 e. The van der Waals surface area contributed by atoms with Gasteiger partial charge in [-0.3, -0.25) is 14.3 Å². The third-order valence-corrected chi connectivity index (χ3v) is 6.65. The highest BCUT2D eigenvalue weighted by molar-refractivity contribution is 5.64. The number of hydrogen-bond acceptors (Lipinski definition) is 5.